The van der Waals surface area contributed by atoms with Gasteiger partial charge in [0.15, 0.2) is 5.60 Å². The van der Waals surface area contributed by atoms with Crippen molar-refractivity contribution in [2.75, 3.05) is 26.8 Å². The standard InChI is InChI=1S/C15H25NO5/c1-6-11-20-15(12(17)19-5)7-9-16(10-8-15)13(18)21-14(2,3)4/h6H,1,7-11H2,2-5H3. The molecular formula is C15H25NO5. The Bertz CT molecular complexity index is 391. The van der Waals surface area contributed by atoms with Crippen molar-refractivity contribution in [2.45, 2.75) is 44.8 Å². The third-order valence-corrected chi connectivity index (χ3v) is 3.26. The van der Waals surface area contributed by atoms with Gasteiger partial charge in [0.05, 0.1) is 13.7 Å². The van der Waals surface area contributed by atoms with E-state index in [0.29, 0.717) is 25.9 Å². The number of methoxy groups -OCH3 is 1. The normalized spacial score (nSPS) is 18.0. The quantitative estimate of drug-likeness (QED) is 0.588. The maximum absolute atomic E-state index is 12.0. The fourth-order valence-electron chi connectivity index (χ4n) is 2.19. The highest BCUT2D eigenvalue weighted by atomic mass is 16.6. The number of carbonyl (C=O) groups is 2. The molecule has 0 radical (unpaired) electrons. The molecule has 0 aliphatic carbocycles. The molecule has 1 fully saturated rings. The molecule has 0 saturated carbocycles. The zero-order chi connectivity index (χ0) is 16.1. The van der Waals surface area contributed by atoms with Gasteiger partial charge in [-0.25, -0.2) is 9.59 Å². The molecule has 120 valence electrons. The van der Waals surface area contributed by atoms with E-state index in [1.807, 2.05) is 20.8 Å². The Hall–Kier alpha value is -1.56. The Balaban J connectivity index is 2.67. The maximum atomic E-state index is 12.0. The third-order valence-electron chi connectivity index (χ3n) is 3.26. The third kappa shape index (κ3) is 4.74. The molecule has 6 heteroatoms. The maximum Gasteiger partial charge on any atom is 0.410 e. The number of ether oxygens (including phenoxy) is 3. The molecular weight excluding hydrogens is 274 g/mol. The van der Waals surface area contributed by atoms with Crippen LogP contribution >= 0.6 is 0 Å². The number of rotatable bonds is 4. The lowest BCUT2D eigenvalue weighted by Crippen LogP contribution is -2.53. The summed E-state index contributed by atoms with van der Waals surface area (Å²) in [5, 5.41) is 0. The minimum atomic E-state index is -0.999. The molecule has 0 aromatic rings. The molecule has 1 saturated heterocycles. The zero-order valence-electron chi connectivity index (χ0n) is 13.3. The predicted octanol–water partition coefficient (Wildman–Crippen LogP) is 2.13. The van der Waals surface area contributed by atoms with Gasteiger partial charge in [0.2, 0.25) is 0 Å². The number of likely N-dealkylation sites (tertiary alicyclic amines) is 1. The SMILES string of the molecule is C=CCOC1(C(=O)OC)CCN(C(=O)OC(C)(C)C)CC1. The summed E-state index contributed by atoms with van der Waals surface area (Å²) in [5.41, 5.74) is -1.53. The van der Waals surface area contributed by atoms with Crippen LogP contribution in [-0.2, 0) is 19.0 Å². The van der Waals surface area contributed by atoms with Gasteiger partial charge in [0, 0.05) is 25.9 Å². The Morgan fingerprint density at radius 1 is 1.29 bits per heavy atom. The van der Waals surface area contributed by atoms with Crippen molar-refractivity contribution in [3.63, 3.8) is 0 Å². The van der Waals surface area contributed by atoms with E-state index in [1.54, 1.807) is 11.0 Å². The van der Waals surface area contributed by atoms with Crippen LogP contribution in [-0.4, -0.2) is 55.0 Å². The number of hydrogen-bond acceptors (Lipinski definition) is 5. The van der Waals surface area contributed by atoms with Crippen LogP contribution in [0.15, 0.2) is 12.7 Å². The van der Waals surface area contributed by atoms with Crippen LogP contribution in [0.4, 0.5) is 4.79 Å². The molecule has 0 aromatic heterocycles. The highest BCUT2D eigenvalue weighted by Gasteiger charge is 2.44. The van der Waals surface area contributed by atoms with Crippen molar-refractivity contribution in [3.8, 4) is 0 Å². The number of piperidine rings is 1. The van der Waals surface area contributed by atoms with Gasteiger partial charge in [0.25, 0.3) is 0 Å². The van der Waals surface area contributed by atoms with Crippen LogP contribution in [0.25, 0.3) is 0 Å². The molecule has 0 spiro atoms. The summed E-state index contributed by atoms with van der Waals surface area (Å²) < 4.78 is 15.8. The molecule has 21 heavy (non-hydrogen) atoms. The van der Waals surface area contributed by atoms with Crippen molar-refractivity contribution in [3.05, 3.63) is 12.7 Å². The van der Waals surface area contributed by atoms with E-state index in [-0.39, 0.29) is 12.7 Å². The van der Waals surface area contributed by atoms with Crippen LogP contribution in [0.3, 0.4) is 0 Å². The van der Waals surface area contributed by atoms with E-state index in [2.05, 4.69) is 6.58 Å². The number of nitrogens with zero attached hydrogens (tertiary/aromatic N) is 1. The molecule has 0 bridgehead atoms. The summed E-state index contributed by atoms with van der Waals surface area (Å²) in [6.45, 7) is 10.1. The summed E-state index contributed by atoms with van der Waals surface area (Å²) in [4.78, 5) is 25.6. The lowest BCUT2D eigenvalue weighted by molar-refractivity contribution is -0.174. The summed E-state index contributed by atoms with van der Waals surface area (Å²) in [6.07, 6.45) is 1.98. The Morgan fingerprint density at radius 2 is 1.86 bits per heavy atom. The second-order valence-corrected chi connectivity index (χ2v) is 6.05. The highest BCUT2D eigenvalue weighted by Crippen LogP contribution is 2.28. The van der Waals surface area contributed by atoms with Gasteiger partial charge < -0.3 is 19.1 Å². The summed E-state index contributed by atoms with van der Waals surface area (Å²) in [5.74, 6) is -0.409. The van der Waals surface area contributed by atoms with Crippen molar-refractivity contribution in [1.82, 2.24) is 4.90 Å². The molecule has 1 aliphatic heterocycles. The molecule has 0 unspecified atom stereocenters. The van der Waals surface area contributed by atoms with Crippen molar-refractivity contribution >= 4 is 12.1 Å². The van der Waals surface area contributed by atoms with Gasteiger partial charge in [0.1, 0.15) is 5.60 Å². The second-order valence-electron chi connectivity index (χ2n) is 6.05. The topological polar surface area (TPSA) is 65.1 Å². The largest absolute Gasteiger partial charge is 0.467 e. The molecule has 1 heterocycles. The fourth-order valence-corrected chi connectivity index (χ4v) is 2.19. The predicted molar refractivity (Wildman–Crippen MR) is 77.9 cm³/mol. The van der Waals surface area contributed by atoms with Crippen LogP contribution in [0.2, 0.25) is 0 Å². The van der Waals surface area contributed by atoms with E-state index in [1.165, 1.54) is 7.11 Å². The molecule has 0 atom stereocenters. The first kappa shape index (κ1) is 17.5. The zero-order valence-corrected chi connectivity index (χ0v) is 13.3. The summed E-state index contributed by atoms with van der Waals surface area (Å²) >= 11 is 0. The van der Waals surface area contributed by atoms with E-state index >= 15 is 0 Å². The first-order valence-electron chi connectivity index (χ1n) is 7.05. The van der Waals surface area contributed by atoms with Crippen LogP contribution < -0.4 is 0 Å². The molecule has 1 aliphatic rings. The summed E-state index contributed by atoms with van der Waals surface area (Å²) in [7, 11) is 1.33. The number of amides is 1. The van der Waals surface area contributed by atoms with Crippen LogP contribution in [0.1, 0.15) is 33.6 Å². The van der Waals surface area contributed by atoms with Crippen molar-refractivity contribution in [2.24, 2.45) is 0 Å². The van der Waals surface area contributed by atoms with Crippen molar-refractivity contribution in [1.29, 1.82) is 0 Å². The molecule has 1 amide bonds. The minimum Gasteiger partial charge on any atom is -0.467 e. The minimum absolute atomic E-state index is 0.265. The highest BCUT2D eigenvalue weighted by molar-refractivity contribution is 5.80. The monoisotopic (exact) mass is 299 g/mol. The van der Waals surface area contributed by atoms with Crippen LogP contribution in [0, 0.1) is 0 Å². The van der Waals surface area contributed by atoms with Gasteiger partial charge in [-0.05, 0) is 20.8 Å². The number of hydrogen-bond donors (Lipinski definition) is 0. The molecule has 0 N–H and O–H groups in total. The van der Waals surface area contributed by atoms with Gasteiger partial charge >= 0.3 is 12.1 Å². The average Bonchev–Trinajstić information content (AvgIpc) is 2.42. The van der Waals surface area contributed by atoms with E-state index in [9.17, 15) is 9.59 Å². The van der Waals surface area contributed by atoms with Gasteiger partial charge in [-0.3, -0.25) is 0 Å². The summed E-state index contributed by atoms with van der Waals surface area (Å²) in [6, 6.07) is 0. The Labute approximate surface area is 126 Å². The molecule has 6 nitrogen and oxygen atoms in total. The lowest BCUT2D eigenvalue weighted by atomic mass is 9.91. The Morgan fingerprint density at radius 3 is 2.29 bits per heavy atom. The fraction of sp³-hybridized carbons (Fsp3) is 0.733. The first-order chi connectivity index (χ1) is 9.74. The average molecular weight is 299 g/mol. The lowest BCUT2D eigenvalue weighted by Gasteiger charge is -2.39. The van der Waals surface area contributed by atoms with Crippen molar-refractivity contribution < 1.29 is 23.8 Å². The second kappa shape index (κ2) is 6.93. The van der Waals surface area contributed by atoms with E-state index < -0.39 is 17.2 Å². The number of carbonyl (C=O) groups excluding carboxylic acids is 2. The molecule has 1 rings (SSSR count). The van der Waals surface area contributed by atoms with E-state index in [0.717, 1.165) is 0 Å². The van der Waals surface area contributed by atoms with Gasteiger partial charge in [-0.2, -0.15) is 0 Å². The Kier molecular flexibility index (Phi) is 5.78. The first-order valence-corrected chi connectivity index (χ1v) is 7.05. The van der Waals surface area contributed by atoms with Gasteiger partial charge in [-0.1, -0.05) is 6.08 Å². The smallest absolute Gasteiger partial charge is 0.410 e. The molecule has 0 aromatic carbocycles. The number of esters is 1. The van der Waals surface area contributed by atoms with Crippen LogP contribution in [0.5, 0.6) is 0 Å². The van der Waals surface area contributed by atoms with Gasteiger partial charge in [-0.15, -0.1) is 6.58 Å². The van der Waals surface area contributed by atoms with E-state index in [4.69, 9.17) is 14.2 Å².